The molecule has 2 aromatic rings. The molecule has 0 heterocycles. The van der Waals surface area contributed by atoms with Crippen LogP contribution >= 0.6 is 15.9 Å². The molecule has 82 valence electrons. The van der Waals surface area contributed by atoms with Crippen molar-refractivity contribution in [2.24, 2.45) is 0 Å². The van der Waals surface area contributed by atoms with E-state index in [1.807, 2.05) is 0 Å². The maximum Gasteiger partial charge on any atom is 0.127 e. The van der Waals surface area contributed by atoms with Gasteiger partial charge < -0.3 is 10.2 Å². The molecule has 0 atom stereocenters. The first-order chi connectivity index (χ1) is 7.54. The number of halogens is 2. The molecule has 2 rings (SSSR count). The van der Waals surface area contributed by atoms with Gasteiger partial charge in [-0.2, -0.15) is 0 Å². The van der Waals surface area contributed by atoms with Crippen molar-refractivity contribution < 1.29 is 14.6 Å². The van der Waals surface area contributed by atoms with E-state index in [9.17, 15) is 14.6 Å². The van der Waals surface area contributed by atoms with Gasteiger partial charge in [0.15, 0.2) is 0 Å². The highest BCUT2D eigenvalue weighted by molar-refractivity contribution is 9.10. The van der Waals surface area contributed by atoms with Gasteiger partial charge in [-0.15, -0.1) is 0 Å². The number of hydrogen-bond donors (Lipinski definition) is 2. The fraction of sp³-hybridized carbons (Fsp3) is 0. The summed E-state index contributed by atoms with van der Waals surface area (Å²) in [5.41, 5.74) is 1.13. The molecule has 0 aliphatic rings. The molecule has 0 aromatic heterocycles. The first kappa shape index (κ1) is 11.0. The van der Waals surface area contributed by atoms with Gasteiger partial charge in [0.05, 0.1) is 0 Å². The van der Waals surface area contributed by atoms with Crippen LogP contribution in [0.25, 0.3) is 11.1 Å². The van der Waals surface area contributed by atoms with E-state index < -0.39 is 5.82 Å². The van der Waals surface area contributed by atoms with Crippen molar-refractivity contribution >= 4 is 15.9 Å². The molecule has 2 nitrogen and oxygen atoms in total. The highest BCUT2D eigenvalue weighted by Gasteiger charge is 2.05. The summed E-state index contributed by atoms with van der Waals surface area (Å²) in [6.07, 6.45) is 0. The molecular formula is C12H8BrFO2. The number of aromatic hydroxyl groups is 2. The number of rotatable bonds is 1. The molecule has 0 spiro atoms. The molecule has 16 heavy (non-hydrogen) atoms. The van der Waals surface area contributed by atoms with Crippen molar-refractivity contribution in [2.45, 2.75) is 0 Å². The zero-order valence-corrected chi connectivity index (χ0v) is 9.70. The predicted molar refractivity (Wildman–Crippen MR) is 62.9 cm³/mol. The second-order valence-corrected chi connectivity index (χ2v) is 4.31. The Bertz CT molecular complexity index is 451. The Morgan fingerprint density at radius 2 is 1.38 bits per heavy atom. The van der Waals surface area contributed by atoms with E-state index in [0.717, 1.165) is 6.07 Å². The van der Waals surface area contributed by atoms with Crippen LogP contribution in [0.2, 0.25) is 0 Å². The minimum Gasteiger partial charge on any atom is -0.508 e. The summed E-state index contributed by atoms with van der Waals surface area (Å²) in [6.45, 7) is 0. The topological polar surface area (TPSA) is 40.5 Å². The van der Waals surface area contributed by atoms with Crippen LogP contribution in [-0.4, -0.2) is 10.2 Å². The fourth-order valence-electron chi connectivity index (χ4n) is 1.48. The highest BCUT2D eigenvalue weighted by Crippen LogP contribution is 2.30. The average molecular weight is 283 g/mol. The van der Waals surface area contributed by atoms with E-state index in [1.165, 1.54) is 24.3 Å². The molecular weight excluding hydrogens is 275 g/mol. The van der Waals surface area contributed by atoms with Crippen molar-refractivity contribution in [2.75, 3.05) is 0 Å². The van der Waals surface area contributed by atoms with Crippen molar-refractivity contribution in [1.29, 1.82) is 0 Å². The lowest BCUT2D eigenvalue weighted by Crippen LogP contribution is -1.81. The number of phenolic OH excluding ortho intramolecular Hbond substituents is 2. The Morgan fingerprint density at radius 1 is 0.812 bits per heavy atom. The second kappa shape index (κ2) is 4.14. The van der Waals surface area contributed by atoms with Crippen LogP contribution in [0.4, 0.5) is 4.39 Å². The van der Waals surface area contributed by atoms with Crippen molar-refractivity contribution in [3.05, 3.63) is 46.7 Å². The fourth-order valence-corrected chi connectivity index (χ4v) is 1.96. The Hall–Kier alpha value is -1.55. The molecule has 0 amide bonds. The highest BCUT2D eigenvalue weighted by atomic mass is 79.9. The third kappa shape index (κ3) is 2.33. The summed E-state index contributed by atoms with van der Waals surface area (Å²) in [7, 11) is 0. The minimum absolute atomic E-state index is 0.0770. The number of phenols is 2. The zero-order valence-electron chi connectivity index (χ0n) is 8.11. The Labute approximate surface area is 100 Å². The number of hydrogen-bond acceptors (Lipinski definition) is 2. The first-order valence-corrected chi connectivity index (χ1v) is 5.33. The lowest BCUT2D eigenvalue weighted by atomic mass is 10.1. The van der Waals surface area contributed by atoms with Crippen LogP contribution in [-0.2, 0) is 0 Å². The largest absolute Gasteiger partial charge is 0.508 e. The third-order valence-electron chi connectivity index (χ3n) is 2.10. The minimum atomic E-state index is -0.519. The Balaban J connectivity index is 2.57. The van der Waals surface area contributed by atoms with Gasteiger partial charge in [0.2, 0.25) is 0 Å². The van der Waals surface area contributed by atoms with E-state index in [0.29, 0.717) is 15.6 Å². The molecule has 0 unspecified atom stereocenters. The summed E-state index contributed by atoms with van der Waals surface area (Å²) < 4.78 is 13.8. The third-order valence-corrected chi connectivity index (χ3v) is 2.56. The summed E-state index contributed by atoms with van der Waals surface area (Å²) in [5, 5.41) is 18.7. The molecule has 0 bridgehead atoms. The molecule has 0 saturated carbocycles. The van der Waals surface area contributed by atoms with E-state index >= 15 is 0 Å². The lowest BCUT2D eigenvalue weighted by molar-refractivity contribution is 0.469. The van der Waals surface area contributed by atoms with Crippen LogP contribution in [0, 0.1) is 5.82 Å². The van der Waals surface area contributed by atoms with E-state index in [2.05, 4.69) is 15.9 Å². The van der Waals surface area contributed by atoms with Gasteiger partial charge in [-0.1, -0.05) is 15.9 Å². The van der Waals surface area contributed by atoms with Crippen LogP contribution in [0.15, 0.2) is 40.9 Å². The van der Waals surface area contributed by atoms with Gasteiger partial charge >= 0.3 is 0 Å². The maximum absolute atomic E-state index is 13.1. The van der Waals surface area contributed by atoms with Gasteiger partial charge in [-0.25, -0.2) is 4.39 Å². The van der Waals surface area contributed by atoms with Crippen LogP contribution < -0.4 is 0 Å². The molecule has 0 radical (unpaired) electrons. The van der Waals surface area contributed by atoms with Gasteiger partial charge in [0, 0.05) is 10.5 Å². The molecule has 0 aliphatic heterocycles. The average Bonchev–Trinajstić information content (AvgIpc) is 2.14. The SMILES string of the molecule is Oc1cc(F)cc(-c2cc(O)cc(Br)c2)c1. The quantitative estimate of drug-likeness (QED) is 0.838. The monoisotopic (exact) mass is 282 g/mol. The summed E-state index contributed by atoms with van der Waals surface area (Å²) in [5.74, 6) is -0.586. The Kier molecular flexibility index (Phi) is 2.83. The maximum atomic E-state index is 13.1. The Morgan fingerprint density at radius 3 is 1.94 bits per heavy atom. The predicted octanol–water partition coefficient (Wildman–Crippen LogP) is 3.67. The van der Waals surface area contributed by atoms with E-state index in [-0.39, 0.29) is 11.5 Å². The zero-order chi connectivity index (χ0) is 11.7. The van der Waals surface area contributed by atoms with E-state index in [1.54, 1.807) is 6.07 Å². The number of benzene rings is 2. The smallest absolute Gasteiger partial charge is 0.127 e. The van der Waals surface area contributed by atoms with Crippen molar-refractivity contribution in [3.63, 3.8) is 0 Å². The molecule has 0 aliphatic carbocycles. The lowest BCUT2D eigenvalue weighted by Gasteiger charge is -2.05. The summed E-state index contributed by atoms with van der Waals surface area (Å²) in [6, 6.07) is 8.52. The molecule has 0 saturated heterocycles. The van der Waals surface area contributed by atoms with Crippen molar-refractivity contribution in [1.82, 2.24) is 0 Å². The second-order valence-electron chi connectivity index (χ2n) is 3.40. The van der Waals surface area contributed by atoms with Gasteiger partial charge in [-0.05, 0) is 41.5 Å². The normalized spacial score (nSPS) is 10.4. The summed E-state index contributed by atoms with van der Waals surface area (Å²) in [4.78, 5) is 0. The molecule has 0 fully saturated rings. The molecule has 2 aromatic carbocycles. The van der Waals surface area contributed by atoms with Gasteiger partial charge in [0.1, 0.15) is 17.3 Å². The van der Waals surface area contributed by atoms with Crippen molar-refractivity contribution in [3.8, 4) is 22.6 Å². The van der Waals surface area contributed by atoms with Gasteiger partial charge in [0.25, 0.3) is 0 Å². The molecule has 2 N–H and O–H groups in total. The first-order valence-electron chi connectivity index (χ1n) is 4.54. The molecule has 4 heteroatoms. The van der Waals surface area contributed by atoms with Gasteiger partial charge in [-0.3, -0.25) is 0 Å². The van der Waals surface area contributed by atoms with Crippen LogP contribution in [0.1, 0.15) is 0 Å². The van der Waals surface area contributed by atoms with E-state index in [4.69, 9.17) is 0 Å². The standard InChI is InChI=1S/C12H8BrFO2/c13-9-1-7(3-11(15)5-9)8-2-10(14)6-12(16)4-8/h1-6,15-16H. The van der Waals surface area contributed by atoms with Crippen LogP contribution in [0.5, 0.6) is 11.5 Å². The summed E-state index contributed by atoms with van der Waals surface area (Å²) >= 11 is 3.23. The van der Waals surface area contributed by atoms with Crippen LogP contribution in [0.3, 0.4) is 0 Å².